The molecule has 0 spiro atoms. The van der Waals surface area contributed by atoms with E-state index in [1.165, 1.54) is 0 Å². The van der Waals surface area contributed by atoms with E-state index < -0.39 is 0 Å². The molecule has 3 rings (SSSR count). The molecular formula is C25H36N4O2. The Hall–Kier alpha value is -2.41. The zero-order valence-corrected chi connectivity index (χ0v) is 19.0. The monoisotopic (exact) mass is 424 g/mol. The quantitative estimate of drug-likeness (QED) is 0.614. The van der Waals surface area contributed by atoms with Crippen molar-refractivity contribution in [3.63, 3.8) is 0 Å². The maximum absolute atomic E-state index is 13.1. The second-order valence-corrected chi connectivity index (χ2v) is 8.10. The van der Waals surface area contributed by atoms with E-state index in [0.717, 1.165) is 49.6 Å². The van der Waals surface area contributed by atoms with Crippen molar-refractivity contribution in [2.24, 2.45) is 0 Å². The van der Waals surface area contributed by atoms with Crippen molar-refractivity contribution < 1.29 is 9.53 Å². The number of rotatable bonds is 10. The first kappa shape index (κ1) is 23.3. The van der Waals surface area contributed by atoms with E-state index in [0.29, 0.717) is 13.0 Å². The SMILES string of the molecule is CCNC[C@H]1CC(=O)N(c2cccc(O[C@@H](CCNC)c3ccccc3)c2)CCN1C. The van der Waals surface area contributed by atoms with Gasteiger partial charge in [-0.15, -0.1) is 0 Å². The van der Waals surface area contributed by atoms with Crippen molar-refractivity contribution >= 4 is 11.6 Å². The predicted molar refractivity (Wildman–Crippen MR) is 127 cm³/mol. The average molecular weight is 425 g/mol. The number of benzene rings is 2. The van der Waals surface area contributed by atoms with Gasteiger partial charge in [0, 0.05) is 50.3 Å². The highest BCUT2D eigenvalue weighted by atomic mass is 16.5. The molecule has 6 heteroatoms. The van der Waals surface area contributed by atoms with Gasteiger partial charge in [-0.1, -0.05) is 43.3 Å². The number of anilines is 1. The van der Waals surface area contributed by atoms with Crippen LogP contribution in [-0.2, 0) is 4.79 Å². The standard InChI is InChI=1S/C25H36N4O2/c1-4-27-19-22-18-25(30)29(16-15-28(22)3)21-11-8-12-23(17-21)31-24(13-14-26-2)20-9-6-5-7-10-20/h5-12,17,22,24,26-27H,4,13-16,18-19H2,1-3H3/t22-,24+/m1/s1. The fraction of sp³-hybridized carbons (Fsp3) is 0.480. The van der Waals surface area contributed by atoms with Gasteiger partial charge in [0.1, 0.15) is 11.9 Å². The zero-order valence-electron chi connectivity index (χ0n) is 19.0. The molecule has 0 radical (unpaired) electrons. The largest absolute Gasteiger partial charge is 0.486 e. The fourth-order valence-corrected chi connectivity index (χ4v) is 3.97. The van der Waals surface area contributed by atoms with Gasteiger partial charge in [0.15, 0.2) is 0 Å². The number of ether oxygens (including phenoxy) is 1. The van der Waals surface area contributed by atoms with Crippen LogP contribution in [-0.4, -0.2) is 63.7 Å². The van der Waals surface area contributed by atoms with Gasteiger partial charge in [-0.3, -0.25) is 9.69 Å². The Morgan fingerprint density at radius 3 is 2.68 bits per heavy atom. The molecule has 2 N–H and O–H groups in total. The van der Waals surface area contributed by atoms with Gasteiger partial charge in [-0.05, 0) is 44.9 Å². The Morgan fingerprint density at radius 1 is 1.13 bits per heavy atom. The minimum atomic E-state index is -0.0423. The summed E-state index contributed by atoms with van der Waals surface area (Å²) in [7, 11) is 4.05. The molecule has 1 saturated heterocycles. The lowest BCUT2D eigenvalue weighted by Crippen LogP contribution is -2.40. The summed E-state index contributed by atoms with van der Waals surface area (Å²) in [5.74, 6) is 0.955. The average Bonchev–Trinajstić information content (AvgIpc) is 2.93. The third-order valence-corrected chi connectivity index (χ3v) is 5.88. The van der Waals surface area contributed by atoms with Crippen LogP contribution < -0.4 is 20.3 Å². The Labute approximate surface area is 186 Å². The molecule has 0 bridgehead atoms. The summed E-state index contributed by atoms with van der Waals surface area (Å²) in [5.41, 5.74) is 2.06. The van der Waals surface area contributed by atoms with Gasteiger partial charge in [-0.25, -0.2) is 0 Å². The van der Waals surface area contributed by atoms with Crippen molar-refractivity contribution in [2.75, 3.05) is 51.7 Å². The normalized spacial score (nSPS) is 18.6. The number of hydrogen-bond acceptors (Lipinski definition) is 5. The van der Waals surface area contributed by atoms with Crippen molar-refractivity contribution in [3.05, 3.63) is 60.2 Å². The van der Waals surface area contributed by atoms with Crippen molar-refractivity contribution in [1.82, 2.24) is 15.5 Å². The molecule has 1 aliphatic heterocycles. The van der Waals surface area contributed by atoms with E-state index in [4.69, 9.17) is 4.74 Å². The van der Waals surface area contributed by atoms with Crippen molar-refractivity contribution in [3.8, 4) is 5.75 Å². The zero-order chi connectivity index (χ0) is 22.1. The van der Waals surface area contributed by atoms with Crippen LogP contribution in [0.2, 0.25) is 0 Å². The van der Waals surface area contributed by atoms with Gasteiger partial charge in [0.2, 0.25) is 5.91 Å². The molecule has 1 fully saturated rings. The van der Waals surface area contributed by atoms with Gasteiger partial charge >= 0.3 is 0 Å². The molecule has 2 aromatic carbocycles. The van der Waals surface area contributed by atoms with Gasteiger partial charge in [0.05, 0.1) is 0 Å². The van der Waals surface area contributed by atoms with Gasteiger partial charge in [0.25, 0.3) is 0 Å². The molecule has 6 nitrogen and oxygen atoms in total. The molecule has 0 aromatic heterocycles. The number of nitrogens with zero attached hydrogens (tertiary/aromatic N) is 2. The highest BCUT2D eigenvalue weighted by molar-refractivity contribution is 5.94. The Morgan fingerprint density at radius 2 is 1.94 bits per heavy atom. The first-order valence-corrected chi connectivity index (χ1v) is 11.3. The Bertz CT molecular complexity index is 814. The summed E-state index contributed by atoms with van der Waals surface area (Å²) in [6, 6.07) is 18.5. The van der Waals surface area contributed by atoms with Crippen LogP contribution in [0.15, 0.2) is 54.6 Å². The van der Waals surface area contributed by atoms with E-state index >= 15 is 0 Å². The van der Waals surface area contributed by atoms with Gasteiger partial charge in [-0.2, -0.15) is 0 Å². The number of carbonyl (C=O) groups is 1. The maximum Gasteiger partial charge on any atom is 0.228 e. The highest BCUT2D eigenvalue weighted by Gasteiger charge is 2.27. The molecule has 0 saturated carbocycles. The van der Waals surface area contributed by atoms with Crippen molar-refractivity contribution in [1.29, 1.82) is 0 Å². The number of amides is 1. The smallest absolute Gasteiger partial charge is 0.228 e. The van der Waals surface area contributed by atoms with Crippen LogP contribution in [0, 0.1) is 0 Å². The molecule has 2 aromatic rings. The van der Waals surface area contributed by atoms with E-state index in [2.05, 4.69) is 41.6 Å². The van der Waals surface area contributed by atoms with Crippen LogP contribution in [0.3, 0.4) is 0 Å². The van der Waals surface area contributed by atoms with Crippen LogP contribution >= 0.6 is 0 Å². The first-order chi connectivity index (χ1) is 15.1. The summed E-state index contributed by atoms with van der Waals surface area (Å²) in [4.78, 5) is 17.2. The Balaban J connectivity index is 1.75. The molecule has 2 atom stereocenters. The first-order valence-electron chi connectivity index (χ1n) is 11.3. The lowest BCUT2D eigenvalue weighted by Gasteiger charge is -2.24. The predicted octanol–water partition coefficient (Wildman–Crippen LogP) is 3.06. The van der Waals surface area contributed by atoms with Crippen LogP contribution in [0.4, 0.5) is 5.69 Å². The molecular weight excluding hydrogens is 388 g/mol. The number of hydrogen-bond donors (Lipinski definition) is 2. The highest BCUT2D eigenvalue weighted by Crippen LogP contribution is 2.29. The Kier molecular flexibility index (Phi) is 8.88. The molecule has 1 amide bonds. The number of nitrogens with one attached hydrogen (secondary N) is 2. The van der Waals surface area contributed by atoms with Crippen LogP contribution in [0.1, 0.15) is 31.4 Å². The lowest BCUT2D eigenvalue weighted by atomic mass is 10.1. The summed E-state index contributed by atoms with van der Waals surface area (Å²) < 4.78 is 6.40. The molecule has 1 heterocycles. The summed E-state index contributed by atoms with van der Waals surface area (Å²) in [5, 5.41) is 6.59. The summed E-state index contributed by atoms with van der Waals surface area (Å²) >= 11 is 0. The minimum Gasteiger partial charge on any atom is -0.486 e. The molecule has 0 unspecified atom stereocenters. The number of likely N-dealkylation sites (N-methyl/N-ethyl adjacent to an activating group) is 2. The third-order valence-electron chi connectivity index (χ3n) is 5.88. The second-order valence-electron chi connectivity index (χ2n) is 8.10. The second kappa shape index (κ2) is 11.8. The molecule has 0 aliphatic carbocycles. The lowest BCUT2D eigenvalue weighted by molar-refractivity contribution is -0.119. The minimum absolute atomic E-state index is 0.0423. The van der Waals surface area contributed by atoms with Crippen molar-refractivity contribution in [2.45, 2.75) is 31.9 Å². The van der Waals surface area contributed by atoms with E-state index in [-0.39, 0.29) is 18.1 Å². The van der Waals surface area contributed by atoms with E-state index in [1.807, 2.05) is 54.4 Å². The summed E-state index contributed by atoms with van der Waals surface area (Å²) in [6.45, 7) is 6.24. The van der Waals surface area contributed by atoms with Crippen LogP contribution in [0.5, 0.6) is 5.75 Å². The van der Waals surface area contributed by atoms with Gasteiger partial charge < -0.3 is 20.3 Å². The topological polar surface area (TPSA) is 56.8 Å². The van der Waals surface area contributed by atoms with E-state index in [9.17, 15) is 4.79 Å². The fourth-order valence-electron chi connectivity index (χ4n) is 3.97. The third kappa shape index (κ3) is 6.53. The molecule has 31 heavy (non-hydrogen) atoms. The molecule has 1 aliphatic rings. The van der Waals surface area contributed by atoms with E-state index in [1.54, 1.807) is 0 Å². The van der Waals surface area contributed by atoms with Crippen LogP contribution in [0.25, 0.3) is 0 Å². The maximum atomic E-state index is 13.1. The summed E-state index contributed by atoms with van der Waals surface area (Å²) in [6.07, 6.45) is 1.34. The number of carbonyl (C=O) groups excluding carboxylic acids is 1. The molecule has 168 valence electrons.